The average Bonchev–Trinajstić information content (AvgIpc) is 2.48. The summed E-state index contributed by atoms with van der Waals surface area (Å²) < 4.78 is 11.3. The molecule has 1 saturated heterocycles. The Balaban J connectivity index is 1.69. The molecule has 0 aromatic rings. The van der Waals surface area contributed by atoms with Crippen LogP contribution in [0, 0.1) is 0 Å². The van der Waals surface area contributed by atoms with Gasteiger partial charge in [0.25, 0.3) is 0 Å². The van der Waals surface area contributed by atoms with Crippen molar-refractivity contribution in [1.82, 2.24) is 10.2 Å². The van der Waals surface area contributed by atoms with E-state index in [4.69, 9.17) is 9.47 Å². The van der Waals surface area contributed by atoms with Gasteiger partial charge in [0.1, 0.15) is 5.60 Å². The number of nitrogens with one attached hydrogen (secondary N) is 1. The van der Waals surface area contributed by atoms with Crippen molar-refractivity contribution in [3.8, 4) is 0 Å². The molecule has 2 rings (SSSR count). The molecule has 0 spiro atoms. The lowest BCUT2D eigenvalue weighted by atomic mass is 9.77. The van der Waals surface area contributed by atoms with Gasteiger partial charge in [-0.1, -0.05) is 0 Å². The van der Waals surface area contributed by atoms with Gasteiger partial charge in [-0.05, 0) is 66.3 Å². The topological polar surface area (TPSA) is 71.0 Å². The first-order valence-electron chi connectivity index (χ1n) is 9.24. The molecule has 0 radical (unpaired) electrons. The minimum atomic E-state index is -0.476. The predicted octanol–water partition coefficient (Wildman–Crippen LogP) is 2.30. The fourth-order valence-electron chi connectivity index (χ4n) is 3.18. The van der Waals surface area contributed by atoms with E-state index in [-0.39, 0.29) is 18.2 Å². The third-order valence-corrected chi connectivity index (χ3v) is 4.87. The summed E-state index contributed by atoms with van der Waals surface area (Å²) >= 11 is 0. The first kappa shape index (κ1) is 19.5. The second kappa shape index (κ2) is 8.02. The third kappa shape index (κ3) is 5.90. The van der Waals surface area contributed by atoms with Gasteiger partial charge in [0.15, 0.2) is 0 Å². The highest BCUT2D eigenvalue weighted by Crippen LogP contribution is 2.35. The molecule has 2 fully saturated rings. The van der Waals surface area contributed by atoms with E-state index < -0.39 is 11.2 Å². The number of carbonyl (C=O) groups is 1. The van der Waals surface area contributed by atoms with Crippen LogP contribution in [0.3, 0.4) is 0 Å². The first-order valence-corrected chi connectivity index (χ1v) is 9.24. The number of carbonyl (C=O) groups excluding carboxylic acids is 1. The van der Waals surface area contributed by atoms with Gasteiger partial charge in [0.05, 0.1) is 24.9 Å². The molecule has 6 heteroatoms. The lowest BCUT2D eigenvalue weighted by Gasteiger charge is -2.38. The molecule has 2 N–H and O–H groups in total. The van der Waals surface area contributed by atoms with Crippen LogP contribution in [0.25, 0.3) is 0 Å². The maximum Gasteiger partial charge on any atom is 0.410 e. The maximum atomic E-state index is 12.2. The summed E-state index contributed by atoms with van der Waals surface area (Å²) in [5, 5.41) is 13.6. The van der Waals surface area contributed by atoms with E-state index in [0.717, 1.165) is 38.6 Å². The van der Waals surface area contributed by atoms with Gasteiger partial charge in [0, 0.05) is 12.6 Å². The molecular formula is C18H34N2O4. The highest BCUT2D eigenvalue weighted by Gasteiger charge is 2.34. The number of aliphatic hydroxyl groups is 1. The summed E-state index contributed by atoms with van der Waals surface area (Å²) in [5.41, 5.74) is -0.879. The Morgan fingerprint density at radius 1 is 1.46 bits per heavy atom. The van der Waals surface area contributed by atoms with Gasteiger partial charge in [-0.2, -0.15) is 0 Å². The molecule has 0 aromatic heterocycles. The van der Waals surface area contributed by atoms with Crippen LogP contribution < -0.4 is 5.32 Å². The van der Waals surface area contributed by atoms with Crippen LogP contribution in [0.4, 0.5) is 4.79 Å². The Morgan fingerprint density at radius 3 is 2.75 bits per heavy atom. The number of rotatable bonds is 6. The quantitative estimate of drug-likeness (QED) is 0.725. The lowest BCUT2D eigenvalue weighted by molar-refractivity contribution is -0.0541. The van der Waals surface area contributed by atoms with Crippen molar-refractivity contribution < 1.29 is 19.4 Å². The molecule has 24 heavy (non-hydrogen) atoms. The Hall–Kier alpha value is -0.850. The number of ether oxygens (including phenoxy) is 2. The number of morpholine rings is 1. The highest BCUT2D eigenvalue weighted by molar-refractivity contribution is 5.68. The number of hydrogen-bond donors (Lipinski definition) is 2. The van der Waals surface area contributed by atoms with Gasteiger partial charge in [0.2, 0.25) is 0 Å². The zero-order valence-corrected chi connectivity index (χ0v) is 15.6. The minimum absolute atomic E-state index is 0.0296. The van der Waals surface area contributed by atoms with Crippen LogP contribution in [0.2, 0.25) is 0 Å². The van der Waals surface area contributed by atoms with Crippen LogP contribution in [0.1, 0.15) is 59.8 Å². The smallest absolute Gasteiger partial charge is 0.410 e. The second-order valence-corrected chi connectivity index (χ2v) is 8.26. The summed E-state index contributed by atoms with van der Waals surface area (Å²) in [4.78, 5) is 13.9. The molecule has 2 atom stereocenters. The van der Waals surface area contributed by atoms with Gasteiger partial charge in [-0.25, -0.2) is 4.79 Å². The summed E-state index contributed by atoms with van der Waals surface area (Å²) in [7, 11) is 0. The Kier molecular flexibility index (Phi) is 6.51. The Bertz CT molecular complexity index is 418. The van der Waals surface area contributed by atoms with Crippen LogP contribution in [0.15, 0.2) is 0 Å². The predicted molar refractivity (Wildman–Crippen MR) is 93.0 cm³/mol. The molecule has 2 aliphatic rings. The molecular weight excluding hydrogens is 308 g/mol. The van der Waals surface area contributed by atoms with Crippen molar-refractivity contribution in [3.63, 3.8) is 0 Å². The summed E-state index contributed by atoms with van der Waals surface area (Å²) in [6.45, 7) is 10.2. The molecule has 0 aromatic carbocycles. The molecule has 6 nitrogen and oxygen atoms in total. The van der Waals surface area contributed by atoms with E-state index in [2.05, 4.69) is 12.2 Å². The van der Waals surface area contributed by atoms with Gasteiger partial charge in [-0.3, -0.25) is 0 Å². The standard InChI is InChI=1S/C18H34N2O4/c1-14(19-10-6-9-18(22)7-5-8-18)15-13-20(11-12-23-15)16(21)24-17(2,3)4/h14-15,19,22H,5-13H2,1-4H3. The minimum Gasteiger partial charge on any atom is -0.444 e. The number of amides is 1. The first-order chi connectivity index (χ1) is 11.2. The van der Waals surface area contributed by atoms with Crippen molar-refractivity contribution in [3.05, 3.63) is 0 Å². The largest absolute Gasteiger partial charge is 0.444 e. The van der Waals surface area contributed by atoms with E-state index in [9.17, 15) is 9.90 Å². The van der Waals surface area contributed by atoms with E-state index in [1.807, 2.05) is 20.8 Å². The van der Waals surface area contributed by atoms with Crippen LogP contribution in [0.5, 0.6) is 0 Å². The summed E-state index contributed by atoms with van der Waals surface area (Å²) in [5.74, 6) is 0. The van der Waals surface area contributed by atoms with Gasteiger partial charge >= 0.3 is 6.09 Å². The zero-order valence-electron chi connectivity index (χ0n) is 15.6. The molecule has 1 aliphatic carbocycles. The van der Waals surface area contributed by atoms with Crippen molar-refractivity contribution in [2.75, 3.05) is 26.2 Å². The van der Waals surface area contributed by atoms with Crippen molar-refractivity contribution >= 4 is 6.09 Å². The fourth-order valence-corrected chi connectivity index (χ4v) is 3.18. The van der Waals surface area contributed by atoms with Crippen molar-refractivity contribution in [2.45, 2.75) is 83.1 Å². The lowest BCUT2D eigenvalue weighted by Crippen LogP contribution is -2.53. The van der Waals surface area contributed by atoms with E-state index in [0.29, 0.717) is 19.7 Å². The Labute approximate surface area is 145 Å². The number of nitrogens with zero attached hydrogens (tertiary/aromatic N) is 1. The second-order valence-electron chi connectivity index (χ2n) is 8.26. The van der Waals surface area contributed by atoms with Gasteiger partial charge < -0.3 is 24.8 Å². The highest BCUT2D eigenvalue weighted by atomic mass is 16.6. The average molecular weight is 342 g/mol. The monoisotopic (exact) mass is 342 g/mol. The van der Waals surface area contributed by atoms with E-state index >= 15 is 0 Å². The molecule has 1 aliphatic heterocycles. The van der Waals surface area contributed by atoms with E-state index in [1.54, 1.807) is 4.90 Å². The van der Waals surface area contributed by atoms with Crippen molar-refractivity contribution in [2.24, 2.45) is 0 Å². The van der Waals surface area contributed by atoms with Crippen LogP contribution in [-0.4, -0.2) is 65.7 Å². The fraction of sp³-hybridized carbons (Fsp3) is 0.944. The van der Waals surface area contributed by atoms with Crippen LogP contribution in [-0.2, 0) is 9.47 Å². The Morgan fingerprint density at radius 2 is 2.17 bits per heavy atom. The van der Waals surface area contributed by atoms with Gasteiger partial charge in [-0.15, -0.1) is 0 Å². The molecule has 140 valence electrons. The van der Waals surface area contributed by atoms with E-state index in [1.165, 1.54) is 0 Å². The molecule has 1 heterocycles. The molecule has 1 amide bonds. The van der Waals surface area contributed by atoms with Crippen molar-refractivity contribution in [1.29, 1.82) is 0 Å². The molecule has 1 saturated carbocycles. The SMILES string of the molecule is CC(NCCCC1(O)CCC1)C1CN(C(=O)OC(C)(C)C)CCO1. The number of hydrogen-bond acceptors (Lipinski definition) is 5. The summed E-state index contributed by atoms with van der Waals surface area (Å²) in [6, 6.07) is 0.159. The molecule has 2 unspecified atom stereocenters. The van der Waals surface area contributed by atoms with Crippen LogP contribution >= 0.6 is 0 Å². The normalized spacial score (nSPS) is 25.0. The third-order valence-electron chi connectivity index (χ3n) is 4.87. The zero-order chi connectivity index (χ0) is 17.8. The summed E-state index contributed by atoms with van der Waals surface area (Å²) in [6.07, 6.45) is 4.56. The molecule has 0 bridgehead atoms. The maximum absolute atomic E-state index is 12.2.